The highest BCUT2D eigenvalue weighted by molar-refractivity contribution is 6.04. The molecule has 0 aromatic carbocycles. The lowest BCUT2D eigenvalue weighted by Crippen LogP contribution is -2.08. The number of aromatic nitrogens is 2. The minimum atomic E-state index is -0.453. The minimum absolute atomic E-state index is 0.171. The molecule has 2 aromatic rings. The van der Waals surface area contributed by atoms with Crippen molar-refractivity contribution in [2.45, 2.75) is 6.92 Å². The minimum Gasteiger partial charge on any atom is -0.465 e. The Labute approximate surface area is 122 Å². The van der Waals surface area contributed by atoms with Crippen molar-refractivity contribution in [3.05, 3.63) is 47.6 Å². The Bertz CT molecular complexity index is 729. The third kappa shape index (κ3) is 2.94. The van der Waals surface area contributed by atoms with Gasteiger partial charge in [0.15, 0.2) is 0 Å². The highest BCUT2D eigenvalue weighted by Gasteiger charge is 2.16. The molecule has 6 heteroatoms. The number of methoxy groups -OCH3 is 1. The van der Waals surface area contributed by atoms with Crippen molar-refractivity contribution >= 4 is 17.4 Å². The zero-order valence-electron chi connectivity index (χ0n) is 12.5. The highest BCUT2D eigenvalue weighted by Crippen LogP contribution is 2.15. The van der Waals surface area contributed by atoms with E-state index >= 15 is 0 Å². The van der Waals surface area contributed by atoms with Crippen LogP contribution >= 0.6 is 0 Å². The first-order chi connectivity index (χ1) is 9.93. The maximum absolute atomic E-state index is 12.3. The zero-order chi connectivity index (χ0) is 15.6. The van der Waals surface area contributed by atoms with Crippen LogP contribution in [0.15, 0.2) is 30.6 Å². The van der Waals surface area contributed by atoms with Crippen LogP contribution in [0.25, 0.3) is 5.65 Å². The number of imidazole rings is 1. The van der Waals surface area contributed by atoms with Crippen LogP contribution in [0.4, 0.5) is 0 Å². The average molecular weight is 287 g/mol. The molecule has 6 nitrogen and oxygen atoms in total. The van der Waals surface area contributed by atoms with Gasteiger partial charge in [-0.1, -0.05) is 0 Å². The molecule has 0 amide bonds. The highest BCUT2D eigenvalue weighted by atomic mass is 16.5. The normalized spacial score (nSPS) is 11.0. The second-order valence-corrected chi connectivity index (χ2v) is 4.83. The molecule has 0 aliphatic heterocycles. The summed E-state index contributed by atoms with van der Waals surface area (Å²) in [6.45, 7) is 1.77. The summed E-state index contributed by atoms with van der Waals surface area (Å²) in [5, 5.41) is 0. The van der Waals surface area contributed by atoms with Crippen molar-refractivity contribution in [1.29, 1.82) is 0 Å². The van der Waals surface area contributed by atoms with E-state index in [0.29, 0.717) is 22.6 Å². The van der Waals surface area contributed by atoms with Gasteiger partial charge in [-0.2, -0.15) is 0 Å². The summed E-state index contributed by atoms with van der Waals surface area (Å²) in [5.74, 6) is -0.624. The Morgan fingerprint density at radius 1 is 1.33 bits per heavy atom. The molecular formula is C15H17N3O3. The van der Waals surface area contributed by atoms with E-state index in [-0.39, 0.29) is 5.78 Å². The van der Waals surface area contributed by atoms with E-state index in [0.717, 1.165) is 0 Å². The molecule has 0 unspecified atom stereocenters. The maximum atomic E-state index is 12.3. The molecule has 0 spiro atoms. The van der Waals surface area contributed by atoms with Gasteiger partial charge in [-0.15, -0.1) is 0 Å². The van der Waals surface area contributed by atoms with Crippen molar-refractivity contribution in [3.8, 4) is 0 Å². The predicted octanol–water partition coefficient (Wildman–Crippen LogP) is 1.69. The van der Waals surface area contributed by atoms with E-state index in [2.05, 4.69) is 4.98 Å². The third-order valence-electron chi connectivity index (χ3n) is 2.97. The van der Waals surface area contributed by atoms with E-state index in [1.54, 1.807) is 40.8 Å². The fourth-order valence-electron chi connectivity index (χ4n) is 1.99. The zero-order valence-corrected chi connectivity index (χ0v) is 12.5. The van der Waals surface area contributed by atoms with Crippen LogP contribution in [0.5, 0.6) is 0 Å². The molecule has 0 fully saturated rings. The van der Waals surface area contributed by atoms with Crippen LogP contribution in [0.3, 0.4) is 0 Å². The molecule has 0 aliphatic rings. The second-order valence-electron chi connectivity index (χ2n) is 4.83. The van der Waals surface area contributed by atoms with Crippen molar-refractivity contribution in [2.75, 3.05) is 21.2 Å². The molecule has 2 heterocycles. The van der Waals surface area contributed by atoms with Gasteiger partial charge in [-0.3, -0.25) is 9.20 Å². The van der Waals surface area contributed by atoms with Crippen LogP contribution in [-0.4, -0.2) is 47.2 Å². The number of carbonyl (C=O) groups is 2. The summed E-state index contributed by atoms with van der Waals surface area (Å²) in [4.78, 5) is 30.0. The quantitative estimate of drug-likeness (QED) is 0.486. The predicted molar refractivity (Wildman–Crippen MR) is 78.4 cm³/mol. The number of hydrogen-bond donors (Lipinski definition) is 0. The van der Waals surface area contributed by atoms with Crippen LogP contribution in [0.2, 0.25) is 0 Å². The molecule has 0 saturated carbocycles. The first kappa shape index (κ1) is 14.8. The topological polar surface area (TPSA) is 63.9 Å². The van der Waals surface area contributed by atoms with Gasteiger partial charge in [-0.05, 0) is 19.1 Å². The van der Waals surface area contributed by atoms with Crippen molar-refractivity contribution in [2.24, 2.45) is 0 Å². The lowest BCUT2D eigenvalue weighted by Gasteiger charge is -2.04. The van der Waals surface area contributed by atoms with Gasteiger partial charge < -0.3 is 9.64 Å². The molecule has 2 aromatic heterocycles. The fraction of sp³-hybridized carbons (Fsp3) is 0.267. The van der Waals surface area contributed by atoms with Crippen LogP contribution in [-0.2, 0) is 4.74 Å². The van der Waals surface area contributed by atoms with Crippen molar-refractivity contribution in [3.63, 3.8) is 0 Å². The summed E-state index contributed by atoms with van der Waals surface area (Å²) >= 11 is 0. The summed E-state index contributed by atoms with van der Waals surface area (Å²) in [5.41, 5.74) is 2.04. The van der Waals surface area contributed by atoms with Gasteiger partial charge in [0.1, 0.15) is 11.3 Å². The van der Waals surface area contributed by atoms with Crippen molar-refractivity contribution in [1.82, 2.24) is 14.3 Å². The Kier molecular flexibility index (Phi) is 4.07. The number of ketones is 1. The van der Waals surface area contributed by atoms with Gasteiger partial charge in [-0.25, -0.2) is 9.78 Å². The van der Waals surface area contributed by atoms with E-state index in [1.165, 1.54) is 13.2 Å². The number of carbonyl (C=O) groups excluding carboxylic acids is 2. The van der Waals surface area contributed by atoms with Gasteiger partial charge in [0.25, 0.3) is 0 Å². The van der Waals surface area contributed by atoms with E-state index in [9.17, 15) is 9.59 Å². The molecule has 0 N–H and O–H groups in total. The number of esters is 1. The molecule has 2 rings (SSSR count). The van der Waals surface area contributed by atoms with Gasteiger partial charge in [0.2, 0.25) is 5.78 Å². The number of pyridine rings is 1. The van der Waals surface area contributed by atoms with Crippen LogP contribution in [0.1, 0.15) is 26.5 Å². The Morgan fingerprint density at radius 2 is 2.05 bits per heavy atom. The SMILES string of the molecule is COC(=O)c1ccc2nc(C)c(C(=O)/C=C/N(C)C)n2c1. The molecule has 21 heavy (non-hydrogen) atoms. The maximum Gasteiger partial charge on any atom is 0.339 e. The first-order valence-electron chi connectivity index (χ1n) is 6.40. The number of rotatable bonds is 4. The summed E-state index contributed by atoms with van der Waals surface area (Å²) in [7, 11) is 4.98. The van der Waals surface area contributed by atoms with Crippen LogP contribution < -0.4 is 0 Å². The third-order valence-corrected chi connectivity index (χ3v) is 2.97. The molecule has 0 bridgehead atoms. The Balaban J connectivity index is 2.54. The number of allylic oxidation sites excluding steroid dienone is 1. The number of aryl methyl sites for hydroxylation is 1. The molecule has 0 radical (unpaired) electrons. The van der Waals surface area contributed by atoms with E-state index < -0.39 is 5.97 Å². The van der Waals surface area contributed by atoms with Crippen molar-refractivity contribution < 1.29 is 14.3 Å². The summed E-state index contributed by atoms with van der Waals surface area (Å²) in [6.07, 6.45) is 4.71. The fourth-order valence-corrected chi connectivity index (χ4v) is 1.99. The average Bonchev–Trinajstić information content (AvgIpc) is 2.78. The Morgan fingerprint density at radius 3 is 2.67 bits per heavy atom. The van der Waals surface area contributed by atoms with Gasteiger partial charge in [0, 0.05) is 32.6 Å². The number of nitrogens with zero attached hydrogens (tertiary/aromatic N) is 3. The Hall–Kier alpha value is -2.63. The summed E-state index contributed by atoms with van der Waals surface area (Å²) in [6, 6.07) is 3.31. The van der Waals surface area contributed by atoms with E-state index in [1.807, 2.05) is 14.1 Å². The molecule has 110 valence electrons. The van der Waals surface area contributed by atoms with Gasteiger partial charge in [0.05, 0.1) is 18.4 Å². The van der Waals surface area contributed by atoms with Gasteiger partial charge >= 0.3 is 5.97 Å². The standard InChI is InChI=1S/C15H17N3O3/c1-10-14(12(19)7-8-17(2)3)18-9-11(15(20)21-4)5-6-13(18)16-10/h5-9H,1-4H3/b8-7+. The number of hydrogen-bond acceptors (Lipinski definition) is 5. The smallest absolute Gasteiger partial charge is 0.339 e. The monoisotopic (exact) mass is 287 g/mol. The number of ether oxygens (including phenoxy) is 1. The summed E-state index contributed by atoms with van der Waals surface area (Å²) < 4.78 is 6.31. The van der Waals surface area contributed by atoms with Crippen LogP contribution in [0, 0.1) is 6.92 Å². The lowest BCUT2D eigenvalue weighted by atomic mass is 10.2. The molecule has 0 atom stereocenters. The molecule has 0 saturated heterocycles. The largest absolute Gasteiger partial charge is 0.465 e. The molecular weight excluding hydrogens is 270 g/mol. The number of fused-ring (bicyclic) bond motifs is 1. The first-order valence-corrected chi connectivity index (χ1v) is 6.40. The van der Waals surface area contributed by atoms with E-state index in [4.69, 9.17) is 4.74 Å². The lowest BCUT2D eigenvalue weighted by molar-refractivity contribution is 0.0600. The second kappa shape index (κ2) is 5.78. The molecule has 0 aliphatic carbocycles.